The molecule has 3 aromatic rings. The van der Waals surface area contributed by atoms with Gasteiger partial charge in [-0.3, -0.25) is 9.52 Å². The highest BCUT2D eigenvalue weighted by atomic mass is 35.5. The Morgan fingerprint density at radius 3 is 2.23 bits per heavy atom. The summed E-state index contributed by atoms with van der Waals surface area (Å²) >= 11 is 12.1. The van der Waals surface area contributed by atoms with Crippen LogP contribution in [0.2, 0.25) is 10.0 Å². The third-order valence-corrected chi connectivity index (χ3v) is 9.60. The van der Waals surface area contributed by atoms with E-state index in [0.29, 0.717) is 41.0 Å². The van der Waals surface area contributed by atoms with Gasteiger partial charge in [0.15, 0.2) is 0 Å². The van der Waals surface area contributed by atoms with Crippen molar-refractivity contribution in [3.05, 3.63) is 92.5 Å². The first-order valence-electron chi connectivity index (χ1n) is 13.3. The molecule has 0 atom stereocenters. The van der Waals surface area contributed by atoms with E-state index in [1.807, 2.05) is 30.9 Å². The smallest absolute Gasteiger partial charge is 0.262 e. The van der Waals surface area contributed by atoms with Crippen molar-refractivity contribution in [2.24, 2.45) is 0 Å². The number of aryl methyl sites for hydroxylation is 1. The molecule has 6 nitrogen and oxygen atoms in total. The molecule has 0 aliphatic carbocycles. The molecule has 1 aliphatic rings. The van der Waals surface area contributed by atoms with Gasteiger partial charge in [0, 0.05) is 24.3 Å². The van der Waals surface area contributed by atoms with Gasteiger partial charge in [-0.15, -0.1) is 0 Å². The first-order valence-corrected chi connectivity index (χ1v) is 15.6. The largest absolute Gasteiger partial charge is 0.373 e. The Morgan fingerprint density at radius 1 is 0.975 bits per heavy atom. The number of hydrogen-bond acceptors (Lipinski definition) is 4. The van der Waals surface area contributed by atoms with Crippen LogP contribution in [0.25, 0.3) is 0 Å². The van der Waals surface area contributed by atoms with E-state index in [-0.39, 0.29) is 22.3 Å². The second-order valence-electron chi connectivity index (χ2n) is 11.4. The Bertz CT molecular complexity index is 1490. The maximum Gasteiger partial charge on any atom is 0.262 e. The topological polar surface area (TPSA) is 75.7 Å². The molecule has 1 aliphatic heterocycles. The third kappa shape index (κ3) is 7.19. The predicted octanol–water partition coefficient (Wildman–Crippen LogP) is 7.53. The van der Waals surface area contributed by atoms with Crippen LogP contribution in [0.15, 0.2) is 59.5 Å². The number of anilines is 1. The van der Waals surface area contributed by atoms with Gasteiger partial charge >= 0.3 is 0 Å². The SMILES string of the molecule is Cc1cc(C(C)(C)C)cc(S(=O)(=O)Nc2ccc(C(=O)N3CCC(OCc4ccc(Cl)c(Cl)c4)CC3)cc2)c1C. The van der Waals surface area contributed by atoms with Crippen LogP contribution < -0.4 is 4.72 Å². The van der Waals surface area contributed by atoms with Crippen molar-refractivity contribution in [1.29, 1.82) is 0 Å². The van der Waals surface area contributed by atoms with E-state index < -0.39 is 10.0 Å². The average molecular weight is 604 g/mol. The molecule has 1 saturated heterocycles. The summed E-state index contributed by atoms with van der Waals surface area (Å²) in [5, 5.41) is 1.01. The van der Waals surface area contributed by atoms with Crippen molar-refractivity contribution in [1.82, 2.24) is 4.90 Å². The summed E-state index contributed by atoms with van der Waals surface area (Å²) in [4.78, 5) is 15.2. The summed E-state index contributed by atoms with van der Waals surface area (Å²) in [6, 6.07) is 15.8. The Morgan fingerprint density at radius 2 is 1.62 bits per heavy atom. The number of rotatable bonds is 7. The van der Waals surface area contributed by atoms with Crippen LogP contribution in [-0.4, -0.2) is 38.4 Å². The van der Waals surface area contributed by atoms with E-state index in [0.717, 1.165) is 35.1 Å². The number of ether oxygens (including phenoxy) is 1. The fourth-order valence-corrected chi connectivity index (χ4v) is 6.40. The molecule has 1 heterocycles. The van der Waals surface area contributed by atoms with Crippen LogP contribution >= 0.6 is 23.2 Å². The number of sulfonamides is 1. The molecule has 9 heteroatoms. The molecule has 1 N–H and O–H groups in total. The highest BCUT2D eigenvalue weighted by molar-refractivity contribution is 7.92. The van der Waals surface area contributed by atoms with Crippen LogP contribution in [0, 0.1) is 13.8 Å². The van der Waals surface area contributed by atoms with Gasteiger partial charge in [0.25, 0.3) is 15.9 Å². The number of likely N-dealkylation sites (tertiary alicyclic amines) is 1. The van der Waals surface area contributed by atoms with E-state index in [1.165, 1.54) is 0 Å². The minimum absolute atomic E-state index is 0.0548. The Kier molecular flexibility index (Phi) is 9.20. The molecule has 4 rings (SSSR count). The highest BCUT2D eigenvalue weighted by Gasteiger charge is 2.26. The molecule has 214 valence electrons. The number of piperidine rings is 1. The molecular formula is C31H36Cl2N2O4S. The maximum absolute atomic E-state index is 13.3. The van der Waals surface area contributed by atoms with Crippen LogP contribution in [0.4, 0.5) is 5.69 Å². The van der Waals surface area contributed by atoms with Crippen molar-refractivity contribution in [3.8, 4) is 0 Å². The molecule has 0 radical (unpaired) electrons. The normalized spacial score (nSPS) is 14.8. The molecule has 3 aromatic carbocycles. The van der Waals surface area contributed by atoms with Crippen LogP contribution in [0.3, 0.4) is 0 Å². The number of nitrogens with one attached hydrogen (secondary N) is 1. The monoisotopic (exact) mass is 602 g/mol. The van der Waals surface area contributed by atoms with E-state index in [9.17, 15) is 13.2 Å². The molecule has 1 amide bonds. The van der Waals surface area contributed by atoms with Gasteiger partial charge in [0.1, 0.15) is 0 Å². The van der Waals surface area contributed by atoms with E-state index in [4.69, 9.17) is 27.9 Å². The minimum Gasteiger partial charge on any atom is -0.373 e. The Labute approximate surface area is 247 Å². The zero-order chi connectivity index (χ0) is 29.2. The quantitative estimate of drug-likeness (QED) is 0.303. The van der Waals surface area contributed by atoms with Crippen LogP contribution in [0.5, 0.6) is 0 Å². The van der Waals surface area contributed by atoms with Crippen molar-refractivity contribution in [2.75, 3.05) is 17.8 Å². The predicted molar refractivity (Wildman–Crippen MR) is 162 cm³/mol. The second kappa shape index (κ2) is 12.1. The van der Waals surface area contributed by atoms with Crippen LogP contribution in [-0.2, 0) is 26.8 Å². The molecule has 0 aromatic heterocycles. The number of hydrogen-bond donors (Lipinski definition) is 1. The summed E-state index contributed by atoms with van der Waals surface area (Å²) in [6.07, 6.45) is 1.52. The van der Waals surface area contributed by atoms with Crippen molar-refractivity contribution < 1.29 is 17.9 Å². The Hall–Kier alpha value is -2.58. The van der Waals surface area contributed by atoms with Gasteiger partial charge in [0.2, 0.25) is 0 Å². The fraction of sp³-hybridized carbons (Fsp3) is 0.387. The lowest BCUT2D eigenvalue weighted by Gasteiger charge is -2.32. The minimum atomic E-state index is -3.81. The van der Waals surface area contributed by atoms with Crippen LogP contribution in [0.1, 0.15) is 66.2 Å². The summed E-state index contributed by atoms with van der Waals surface area (Å²) in [5.74, 6) is -0.0818. The first kappa shape index (κ1) is 30.4. The number of halogens is 2. The van der Waals surface area contributed by atoms with E-state index in [2.05, 4.69) is 25.5 Å². The second-order valence-corrected chi connectivity index (χ2v) is 13.9. The number of carbonyl (C=O) groups is 1. The maximum atomic E-state index is 13.3. The summed E-state index contributed by atoms with van der Waals surface area (Å²) in [6.45, 7) is 11.5. The molecule has 0 unspecified atom stereocenters. The molecular weight excluding hydrogens is 567 g/mol. The Balaban J connectivity index is 1.35. The standard InChI is InChI=1S/C31H36Cl2N2O4S/c1-20-16-24(31(3,4)5)18-29(21(20)2)40(37,38)34-25-9-7-23(8-10-25)30(36)35-14-12-26(13-15-35)39-19-22-6-11-27(32)28(33)17-22/h6-11,16-18,26,34H,12-15,19H2,1-5H3. The molecule has 1 fully saturated rings. The number of nitrogens with zero attached hydrogens (tertiary/aromatic N) is 1. The number of benzene rings is 3. The highest BCUT2D eigenvalue weighted by Crippen LogP contribution is 2.30. The lowest BCUT2D eigenvalue weighted by molar-refractivity contribution is -0.000378. The van der Waals surface area contributed by atoms with Crippen molar-refractivity contribution in [3.63, 3.8) is 0 Å². The summed E-state index contributed by atoms with van der Waals surface area (Å²) < 4.78 is 35.3. The van der Waals surface area contributed by atoms with Gasteiger partial charge in [-0.2, -0.15) is 0 Å². The fourth-order valence-electron chi connectivity index (χ4n) is 4.68. The van der Waals surface area contributed by atoms with E-state index in [1.54, 1.807) is 42.5 Å². The first-order chi connectivity index (χ1) is 18.7. The zero-order valence-corrected chi connectivity index (χ0v) is 25.9. The molecule has 0 saturated carbocycles. The molecule has 0 bridgehead atoms. The lowest BCUT2D eigenvalue weighted by atomic mass is 9.85. The van der Waals surface area contributed by atoms with Gasteiger partial charge in [0.05, 0.1) is 27.7 Å². The zero-order valence-electron chi connectivity index (χ0n) is 23.6. The van der Waals surface area contributed by atoms with Gasteiger partial charge in [-0.05, 0) is 96.8 Å². The average Bonchev–Trinajstić information content (AvgIpc) is 2.90. The number of amides is 1. The van der Waals surface area contributed by atoms with Crippen molar-refractivity contribution >= 4 is 44.8 Å². The number of carbonyl (C=O) groups excluding carboxylic acids is 1. The lowest BCUT2D eigenvalue weighted by Crippen LogP contribution is -2.40. The van der Waals surface area contributed by atoms with Gasteiger partial charge in [-0.25, -0.2) is 8.42 Å². The summed E-state index contributed by atoms with van der Waals surface area (Å²) in [5.41, 5.74) is 4.30. The molecule has 40 heavy (non-hydrogen) atoms. The van der Waals surface area contributed by atoms with Gasteiger partial charge < -0.3 is 9.64 Å². The van der Waals surface area contributed by atoms with Crippen molar-refractivity contribution in [2.45, 2.75) is 70.5 Å². The molecule has 0 spiro atoms. The summed E-state index contributed by atoms with van der Waals surface area (Å²) in [7, 11) is -3.81. The third-order valence-electron chi connectivity index (χ3n) is 7.36. The van der Waals surface area contributed by atoms with Gasteiger partial charge in [-0.1, -0.05) is 56.1 Å². The van der Waals surface area contributed by atoms with E-state index >= 15 is 0 Å².